The van der Waals surface area contributed by atoms with Gasteiger partial charge in [0.25, 0.3) is 5.91 Å². The van der Waals surface area contributed by atoms with Gasteiger partial charge in [-0.3, -0.25) is 4.79 Å². The lowest BCUT2D eigenvalue weighted by atomic mass is 9.95. The van der Waals surface area contributed by atoms with Gasteiger partial charge in [0, 0.05) is 6.04 Å². The predicted molar refractivity (Wildman–Crippen MR) is 77.8 cm³/mol. The van der Waals surface area contributed by atoms with E-state index in [1.165, 1.54) is 18.8 Å². The molecule has 0 aliphatic heterocycles. The zero-order valence-corrected chi connectivity index (χ0v) is 12.6. The molecular formula is C16H23NO4. The first-order valence-electron chi connectivity index (χ1n) is 7.63. The molecule has 1 atom stereocenters. The molecule has 1 aromatic rings. The van der Waals surface area contributed by atoms with E-state index in [1.807, 2.05) is 13.8 Å². The van der Waals surface area contributed by atoms with E-state index in [1.54, 1.807) is 6.07 Å². The van der Waals surface area contributed by atoms with Gasteiger partial charge in [-0.1, -0.05) is 33.1 Å². The zero-order chi connectivity index (χ0) is 15.2. The molecule has 1 aromatic heterocycles. The number of amides is 1. The average molecular weight is 293 g/mol. The van der Waals surface area contributed by atoms with Crippen molar-refractivity contribution in [2.45, 2.75) is 58.1 Å². The normalized spacial score (nSPS) is 17.5. The van der Waals surface area contributed by atoms with Gasteiger partial charge < -0.3 is 14.5 Å². The highest BCUT2D eigenvalue weighted by Gasteiger charge is 2.29. The molecule has 0 radical (unpaired) electrons. The molecule has 0 saturated heterocycles. The van der Waals surface area contributed by atoms with Gasteiger partial charge in [-0.25, -0.2) is 4.79 Å². The summed E-state index contributed by atoms with van der Waals surface area (Å²) in [7, 11) is 0. The lowest BCUT2D eigenvalue weighted by Gasteiger charge is -2.26. The maximum absolute atomic E-state index is 12.3. The minimum atomic E-state index is -0.787. The Morgan fingerprint density at radius 2 is 2.00 bits per heavy atom. The standard InChI is InChI=1S/C16H23NO4/c1-11(2)14(21-16(19)13-9-6-10-20-13)15(18)17-12-7-4-3-5-8-12/h6,9-12,14H,3-5,7-8H2,1-2H3,(H,17,18)/t14-/m0/s1. The second-order valence-corrected chi connectivity index (χ2v) is 5.89. The van der Waals surface area contributed by atoms with Gasteiger partial charge in [0.1, 0.15) is 0 Å². The van der Waals surface area contributed by atoms with Crippen LogP contribution in [-0.2, 0) is 9.53 Å². The fraction of sp³-hybridized carbons (Fsp3) is 0.625. The molecule has 1 N–H and O–H groups in total. The lowest BCUT2D eigenvalue weighted by molar-refractivity contribution is -0.133. The molecule has 5 nitrogen and oxygen atoms in total. The predicted octanol–water partition coefficient (Wildman–Crippen LogP) is 2.91. The van der Waals surface area contributed by atoms with E-state index in [-0.39, 0.29) is 23.6 Å². The fourth-order valence-electron chi connectivity index (χ4n) is 2.59. The van der Waals surface area contributed by atoms with Gasteiger partial charge in [-0.2, -0.15) is 0 Å². The number of ether oxygens (including phenoxy) is 1. The van der Waals surface area contributed by atoms with Crippen molar-refractivity contribution in [3.63, 3.8) is 0 Å². The second kappa shape index (κ2) is 7.29. The van der Waals surface area contributed by atoms with Crippen LogP contribution in [0.2, 0.25) is 0 Å². The maximum atomic E-state index is 12.3. The van der Waals surface area contributed by atoms with E-state index >= 15 is 0 Å². The van der Waals surface area contributed by atoms with Crippen LogP contribution in [0.4, 0.5) is 0 Å². The van der Waals surface area contributed by atoms with Crippen molar-refractivity contribution in [1.29, 1.82) is 0 Å². The Balaban J connectivity index is 1.94. The van der Waals surface area contributed by atoms with E-state index < -0.39 is 12.1 Å². The van der Waals surface area contributed by atoms with Gasteiger partial charge in [0.2, 0.25) is 5.76 Å². The first-order chi connectivity index (χ1) is 10.1. The summed E-state index contributed by atoms with van der Waals surface area (Å²) in [5, 5.41) is 3.00. The van der Waals surface area contributed by atoms with Crippen LogP contribution >= 0.6 is 0 Å². The van der Waals surface area contributed by atoms with Crippen molar-refractivity contribution in [2.24, 2.45) is 5.92 Å². The Labute approximate surface area is 125 Å². The second-order valence-electron chi connectivity index (χ2n) is 5.89. The number of rotatable bonds is 5. The summed E-state index contributed by atoms with van der Waals surface area (Å²) in [4.78, 5) is 24.3. The van der Waals surface area contributed by atoms with Crippen molar-refractivity contribution in [2.75, 3.05) is 0 Å². The van der Waals surface area contributed by atoms with E-state index in [4.69, 9.17) is 9.15 Å². The molecule has 0 spiro atoms. The van der Waals surface area contributed by atoms with Crippen LogP contribution < -0.4 is 5.32 Å². The third-order valence-corrected chi connectivity index (χ3v) is 3.77. The molecule has 116 valence electrons. The Morgan fingerprint density at radius 3 is 2.57 bits per heavy atom. The molecule has 1 aliphatic rings. The molecule has 0 aromatic carbocycles. The maximum Gasteiger partial charge on any atom is 0.375 e. The van der Waals surface area contributed by atoms with Gasteiger partial charge >= 0.3 is 5.97 Å². The monoisotopic (exact) mass is 293 g/mol. The average Bonchev–Trinajstić information content (AvgIpc) is 2.99. The van der Waals surface area contributed by atoms with Crippen LogP contribution in [0.5, 0.6) is 0 Å². The highest BCUT2D eigenvalue weighted by molar-refractivity contribution is 5.90. The van der Waals surface area contributed by atoms with Crippen LogP contribution in [0.25, 0.3) is 0 Å². The summed E-state index contributed by atoms with van der Waals surface area (Å²) >= 11 is 0. The molecule has 2 rings (SSSR count). The number of esters is 1. The summed E-state index contributed by atoms with van der Waals surface area (Å²) in [6.07, 6.45) is 6.14. The molecule has 21 heavy (non-hydrogen) atoms. The summed E-state index contributed by atoms with van der Waals surface area (Å²) in [5.41, 5.74) is 0. The zero-order valence-electron chi connectivity index (χ0n) is 12.6. The Kier molecular flexibility index (Phi) is 5.42. The first-order valence-corrected chi connectivity index (χ1v) is 7.63. The van der Waals surface area contributed by atoms with Crippen molar-refractivity contribution >= 4 is 11.9 Å². The fourth-order valence-corrected chi connectivity index (χ4v) is 2.59. The molecule has 1 amide bonds. The molecule has 5 heteroatoms. The van der Waals surface area contributed by atoms with Crippen LogP contribution in [0, 0.1) is 5.92 Å². The van der Waals surface area contributed by atoms with Crippen molar-refractivity contribution in [3.8, 4) is 0 Å². The van der Waals surface area contributed by atoms with Crippen LogP contribution in [-0.4, -0.2) is 24.0 Å². The molecule has 1 aliphatic carbocycles. The number of carbonyl (C=O) groups excluding carboxylic acids is 2. The highest BCUT2D eigenvalue weighted by atomic mass is 16.6. The summed E-state index contributed by atoms with van der Waals surface area (Å²) < 4.78 is 10.3. The van der Waals surface area contributed by atoms with E-state index in [9.17, 15) is 9.59 Å². The van der Waals surface area contributed by atoms with Crippen molar-refractivity contribution in [3.05, 3.63) is 24.2 Å². The topological polar surface area (TPSA) is 68.5 Å². The molecule has 1 saturated carbocycles. The first kappa shape index (κ1) is 15.6. The van der Waals surface area contributed by atoms with E-state index in [0.717, 1.165) is 25.7 Å². The van der Waals surface area contributed by atoms with Crippen LogP contribution in [0.1, 0.15) is 56.5 Å². The summed E-state index contributed by atoms with van der Waals surface area (Å²) in [6.45, 7) is 3.72. The molecule has 0 unspecified atom stereocenters. The SMILES string of the molecule is CC(C)[C@H](OC(=O)c1ccco1)C(=O)NC1CCCCC1. The largest absolute Gasteiger partial charge is 0.457 e. The number of carbonyl (C=O) groups is 2. The minimum absolute atomic E-state index is 0.0903. The van der Waals surface area contributed by atoms with Gasteiger partial charge in [0.15, 0.2) is 6.10 Å². The number of hydrogen-bond acceptors (Lipinski definition) is 4. The van der Waals surface area contributed by atoms with Crippen molar-refractivity contribution in [1.82, 2.24) is 5.32 Å². The molecular weight excluding hydrogens is 270 g/mol. The number of hydrogen-bond donors (Lipinski definition) is 1. The molecule has 1 fully saturated rings. The molecule has 1 heterocycles. The minimum Gasteiger partial charge on any atom is -0.457 e. The Hall–Kier alpha value is -1.78. The third-order valence-electron chi connectivity index (χ3n) is 3.77. The molecule has 0 bridgehead atoms. The number of furan rings is 1. The van der Waals surface area contributed by atoms with E-state index in [2.05, 4.69) is 5.32 Å². The van der Waals surface area contributed by atoms with Crippen LogP contribution in [0.3, 0.4) is 0 Å². The van der Waals surface area contributed by atoms with Gasteiger partial charge in [-0.05, 0) is 30.9 Å². The Bertz CT molecular complexity index is 461. The van der Waals surface area contributed by atoms with Crippen molar-refractivity contribution < 1.29 is 18.7 Å². The smallest absolute Gasteiger partial charge is 0.375 e. The third kappa shape index (κ3) is 4.34. The quantitative estimate of drug-likeness (QED) is 0.848. The summed E-state index contributed by atoms with van der Waals surface area (Å²) in [6, 6.07) is 3.34. The lowest BCUT2D eigenvalue weighted by Crippen LogP contribution is -2.46. The number of nitrogens with one attached hydrogen (secondary N) is 1. The Morgan fingerprint density at radius 1 is 1.29 bits per heavy atom. The van der Waals surface area contributed by atoms with Gasteiger partial charge in [0.05, 0.1) is 6.26 Å². The van der Waals surface area contributed by atoms with E-state index in [0.29, 0.717) is 0 Å². The highest BCUT2D eigenvalue weighted by Crippen LogP contribution is 2.18. The summed E-state index contributed by atoms with van der Waals surface area (Å²) in [5.74, 6) is -0.784. The van der Waals surface area contributed by atoms with Crippen LogP contribution in [0.15, 0.2) is 22.8 Å². The van der Waals surface area contributed by atoms with Gasteiger partial charge in [-0.15, -0.1) is 0 Å².